The van der Waals surface area contributed by atoms with Gasteiger partial charge < -0.3 is 19.7 Å². The van der Waals surface area contributed by atoms with E-state index in [0.717, 1.165) is 48.9 Å². The summed E-state index contributed by atoms with van der Waals surface area (Å²) in [6, 6.07) is 8.08. The quantitative estimate of drug-likeness (QED) is 0.197. The van der Waals surface area contributed by atoms with Gasteiger partial charge in [0.1, 0.15) is 5.82 Å². The third-order valence-corrected chi connectivity index (χ3v) is 8.01. The van der Waals surface area contributed by atoms with Crippen LogP contribution in [0.3, 0.4) is 0 Å². The molecule has 1 aliphatic heterocycles. The van der Waals surface area contributed by atoms with E-state index >= 15 is 4.39 Å². The van der Waals surface area contributed by atoms with E-state index in [1.807, 2.05) is 36.1 Å². The molecule has 7 heteroatoms. The molecule has 38 heavy (non-hydrogen) atoms. The molecular weight excluding hydrogens is 481 g/mol. The number of nitrogens with one attached hydrogen (secondary N) is 1. The third kappa shape index (κ3) is 8.91. The summed E-state index contributed by atoms with van der Waals surface area (Å²) in [5, 5.41) is 3.15. The molecule has 1 atom stereocenters. The van der Waals surface area contributed by atoms with Gasteiger partial charge >= 0.3 is 0 Å². The van der Waals surface area contributed by atoms with E-state index in [0.29, 0.717) is 44.6 Å². The van der Waals surface area contributed by atoms with E-state index in [4.69, 9.17) is 14.5 Å². The first kappa shape index (κ1) is 32.0. The molecule has 1 fully saturated rings. The molecule has 1 amide bonds. The molecule has 1 aromatic carbocycles. The van der Waals surface area contributed by atoms with Crippen LogP contribution >= 0.6 is 0 Å². The van der Waals surface area contributed by atoms with Crippen molar-refractivity contribution < 1.29 is 18.7 Å². The minimum atomic E-state index is -1.86. The van der Waals surface area contributed by atoms with Crippen molar-refractivity contribution in [3.8, 4) is 0 Å². The summed E-state index contributed by atoms with van der Waals surface area (Å²) < 4.78 is 26.4. The predicted octanol–water partition coefficient (Wildman–Crippen LogP) is 6.44. The van der Waals surface area contributed by atoms with Gasteiger partial charge in [-0.1, -0.05) is 64.5 Å². The molecule has 214 valence electrons. The van der Waals surface area contributed by atoms with Crippen molar-refractivity contribution in [1.29, 1.82) is 0 Å². The number of amides is 1. The number of hydrogen-bond acceptors (Lipinski definition) is 5. The van der Waals surface area contributed by atoms with Gasteiger partial charge in [-0.2, -0.15) is 0 Å². The maximum Gasteiger partial charge on any atom is 0.258 e. The van der Waals surface area contributed by atoms with Crippen LogP contribution in [0.25, 0.3) is 0 Å². The number of hydrogen-bond donors (Lipinski definition) is 1. The summed E-state index contributed by atoms with van der Waals surface area (Å²) >= 11 is 0. The van der Waals surface area contributed by atoms with Crippen molar-refractivity contribution in [3.63, 3.8) is 0 Å². The Morgan fingerprint density at radius 1 is 1.16 bits per heavy atom. The summed E-state index contributed by atoms with van der Waals surface area (Å²) in [4.78, 5) is 19.9. The predicted molar refractivity (Wildman–Crippen MR) is 154 cm³/mol. The zero-order valence-corrected chi connectivity index (χ0v) is 24.6. The second-order valence-electron chi connectivity index (χ2n) is 10.8. The highest BCUT2D eigenvalue weighted by molar-refractivity contribution is 5.99. The van der Waals surface area contributed by atoms with Crippen molar-refractivity contribution in [2.75, 3.05) is 33.4 Å². The average molecular weight is 532 g/mol. The van der Waals surface area contributed by atoms with Gasteiger partial charge in [0.25, 0.3) is 5.91 Å². The number of piperidine rings is 1. The number of alkyl halides is 1. The lowest BCUT2D eigenvalue weighted by Gasteiger charge is -2.42. The number of benzene rings is 1. The number of carbonyl (C=O) groups excluding carboxylic acids is 1. The van der Waals surface area contributed by atoms with Gasteiger partial charge in [-0.05, 0) is 50.2 Å². The molecule has 2 rings (SSSR count). The summed E-state index contributed by atoms with van der Waals surface area (Å²) in [5.74, 6) is 0.487. The molecule has 1 N–H and O–H groups in total. The average Bonchev–Trinajstić information content (AvgIpc) is 2.91. The number of methoxy groups -OCH3 is 1. The summed E-state index contributed by atoms with van der Waals surface area (Å²) in [5.41, 5.74) is 0.662. The number of halogens is 1. The van der Waals surface area contributed by atoms with Gasteiger partial charge in [-0.3, -0.25) is 4.79 Å². The van der Waals surface area contributed by atoms with Crippen molar-refractivity contribution in [2.45, 2.75) is 97.4 Å². The lowest BCUT2D eigenvalue weighted by Crippen LogP contribution is -2.59. The SMILES string of the molecule is C=C(/N=C(\C)c1ccc(COCCOC)cc1)N1CCC(F)(C(=O)NC(C)(CC)C(CCC)CCC)CC1. The largest absolute Gasteiger partial charge is 0.382 e. The number of rotatable bonds is 16. The minimum Gasteiger partial charge on any atom is -0.382 e. The fourth-order valence-corrected chi connectivity index (χ4v) is 5.18. The van der Waals surface area contributed by atoms with Crippen LogP contribution in [0.4, 0.5) is 4.39 Å². The van der Waals surface area contributed by atoms with Crippen LogP contribution in [0.1, 0.15) is 90.7 Å². The Kier molecular flexibility index (Phi) is 12.9. The Balaban J connectivity index is 1.95. The summed E-state index contributed by atoms with van der Waals surface area (Å²) in [7, 11) is 1.66. The second kappa shape index (κ2) is 15.4. The van der Waals surface area contributed by atoms with Crippen molar-refractivity contribution in [1.82, 2.24) is 10.2 Å². The number of nitrogens with zero attached hydrogens (tertiary/aromatic N) is 2. The van der Waals surface area contributed by atoms with E-state index in [-0.39, 0.29) is 12.8 Å². The maximum atomic E-state index is 15.9. The van der Waals surface area contributed by atoms with Gasteiger partial charge in [-0.15, -0.1) is 0 Å². The molecular formula is C31H50FN3O3. The molecule has 0 radical (unpaired) electrons. The van der Waals surface area contributed by atoms with Gasteiger partial charge in [0, 0.05) is 44.3 Å². The topological polar surface area (TPSA) is 63.2 Å². The van der Waals surface area contributed by atoms with Gasteiger partial charge in [0.2, 0.25) is 0 Å². The van der Waals surface area contributed by atoms with E-state index < -0.39 is 17.1 Å². The number of ether oxygens (including phenoxy) is 2. The Morgan fingerprint density at radius 3 is 2.29 bits per heavy atom. The molecule has 6 nitrogen and oxygen atoms in total. The van der Waals surface area contributed by atoms with Crippen LogP contribution in [-0.4, -0.2) is 61.1 Å². The highest BCUT2D eigenvalue weighted by Gasteiger charge is 2.45. The zero-order valence-electron chi connectivity index (χ0n) is 24.6. The Morgan fingerprint density at radius 2 is 1.76 bits per heavy atom. The van der Waals surface area contributed by atoms with Crippen molar-refractivity contribution in [2.24, 2.45) is 10.9 Å². The lowest BCUT2D eigenvalue weighted by molar-refractivity contribution is -0.138. The van der Waals surface area contributed by atoms with Crippen LogP contribution in [-0.2, 0) is 20.9 Å². The van der Waals surface area contributed by atoms with E-state index in [1.54, 1.807) is 7.11 Å². The minimum absolute atomic E-state index is 0.135. The van der Waals surface area contributed by atoms with Crippen LogP contribution in [0.15, 0.2) is 41.7 Å². The normalized spacial score (nSPS) is 17.4. The molecule has 1 aromatic rings. The van der Waals surface area contributed by atoms with Crippen LogP contribution in [0.5, 0.6) is 0 Å². The molecule has 0 aromatic heterocycles. The Hall–Kier alpha value is -2.25. The van der Waals surface area contributed by atoms with E-state index in [2.05, 4.69) is 39.6 Å². The maximum absolute atomic E-state index is 15.9. The molecule has 1 aliphatic rings. The van der Waals surface area contributed by atoms with Gasteiger partial charge in [-0.25, -0.2) is 9.38 Å². The first-order valence-electron chi connectivity index (χ1n) is 14.3. The van der Waals surface area contributed by atoms with Crippen LogP contribution in [0, 0.1) is 5.92 Å². The first-order chi connectivity index (χ1) is 18.1. The summed E-state index contributed by atoms with van der Waals surface area (Å²) in [6.07, 6.45) is 5.24. The second-order valence-corrected chi connectivity index (χ2v) is 10.8. The molecule has 1 heterocycles. The van der Waals surface area contributed by atoms with Crippen molar-refractivity contribution in [3.05, 3.63) is 47.8 Å². The van der Waals surface area contributed by atoms with Crippen LogP contribution < -0.4 is 5.32 Å². The molecule has 1 unspecified atom stereocenters. The first-order valence-corrected chi connectivity index (χ1v) is 14.3. The standard InChI is InChI=1S/C31H50FN3O3/c1-8-11-28(12-9-2)30(6,10-3)34-29(36)31(32)17-19-35(20-18-31)25(5)33-24(4)27-15-13-26(14-16-27)23-38-22-21-37-7/h13-16,28H,5,8-12,17-23H2,1-4,6-7H3,(H,34,36)/b33-24+. The number of aliphatic imine (C=N–C) groups is 1. The highest BCUT2D eigenvalue weighted by Crippen LogP contribution is 2.33. The monoisotopic (exact) mass is 531 g/mol. The fourth-order valence-electron chi connectivity index (χ4n) is 5.18. The highest BCUT2D eigenvalue weighted by atomic mass is 19.1. The Bertz CT molecular complexity index is 903. The fraction of sp³-hybridized carbons (Fsp3) is 0.677. The molecule has 0 bridgehead atoms. The molecule has 0 aliphatic carbocycles. The van der Waals surface area contributed by atoms with E-state index in [9.17, 15) is 4.79 Å². The smallest absolute Gasteiger partial charge is 0.258 e. The van der Waals surface area contributed by atoms with Crippen LogP contribution in [0.2, 0.25) is 0 Å². The zero-order chi connectivity index (χ0) is 28.2. The number of carbonyl (C=O) groups is 1. The van der Waals surface area contributed by atoms with Crippen molar-refractivity contribution >= 4 is 11.6 Å². The van der Waals surface area contributed by atoms with Gasteiger partial charge in [0.15, 0.2) is 5.67 Å². The molecule has 0 spiro atoms. The third-order valence-electron chi connectivity index (χ3n) is 8.01. The summed E-state index contributed by atoms with van der Waals surface area (Å²) in [6.45, 7) is 17.1. The molecule has 1 saturated heterocycles. The Labute approximate surface area is 230 Å². The van der Waals surface area contributed by atoms with E-state index in [1.165, 1.54) is 0 Å². The number of likely N-dealkylation sites (tertiary alicyclic amines) is 1. The molecule has 0 saturated carbocycles. The van der Waals surface area contributed by atoms with Gasteiger partial charge in [0.05, 0.1) is 19.8 Å². The lowest BCUT2D eigenvalue weighted by atomic mass is 9.77.